The van der Waals surface area contributed by atoms with Crippen molar-refractivity contribution in [2.75, 3.05) is 0 Å². The van der Waals surface area contributed by atoms with E-state index in [2.05, 4.69) is 11.9 Å². The Balaban J connectivity index is 1.98. The van der Waals surface area contributed by atoms with E-state index < -0.39 is 6.10 Å². The molecule has 0 saturated heterocycles. The molecule has 0 aliphatic carbocycles. The quantitative estimate of drug-likeness (QED) is 0.726. The van der Waals surface area contributed by atoms with Crippen LogP contribution in [0.25, 0.3) is 0 Å². The van der Waals surface area contributed by atoms with Crippen LogP contribution in [0, 0.1) is 0 Å². The first kappa shape index (κ1) is 17.0. The summed E-state index contributed by atoms with van der Waals surface area (Å²) in [5, 5.41) is 13.2. The Morgan fingerprint density at radius 2 is 1.61 bits per heavy atom. The summed E-state index contributed by atoms with van der Waals surface area (Å²) in [5.74, 6) is -0.153. The van der Waals surface area contributed by atoms with Crippen molar-refractivity contribution in [3.8, 4) is 0 Å². The Labute approximate surface area is 137 Å². The molecule has 1 amide bonds. The van der Waals surface area contributed by atoms with Crippen LogP contribution in [0.15, 0.2) is 73.3 Å². The molecule has 0 saturated carbocycles. The van der Waals surface area contributed by atoms with Crippen LogP contribution in [-0.4, -0.2) is 11.0 Å². The van der Waals surface area contributed by atoms with Gasteiger partial charge in [-0.3, -0.25) is 4.79 Å². The molecule has 2 atom stereocenters. The number of allylic oxidation sites excluding steroid dienone is 1. The van der Waals surface area contributed by atoms with Crippen LogP contribution in [0.2, 0.25) is 0 Å². The second-order valence-electron chi connectivity index (χ2n) is 5.53. The summed E-state index contributed by atoms with van der Waals surface area (Å²) in [6.07, 6.45) is 2.73. The van der Waals surface area contributed by atoms with Gasteiger partial charge in [-0.2, -0.15) is 0 Å². The topological polar surface area (TPSA) is 49.3 Å². The highest BCUT2D eigenvalue weighted by atomic mass is 16.3. The van der Waals surface area contributed by atoms with Crippen LogP contribution < -0.4 is 5.32 Å². The average molecular weight is 309 g/mol. The highest BCUT2D eigenvalue weighted by molar-refractivity contribution is 5.77. The van der Waals surface area contributed by atoms with E-state index in [1.807, 2.05) is 66.7 Å². The normalized spacial score (nSPS) is 13.1. The molecule has 0 aliphatic heterocycles. The first-order valence-corrected chi connectivity index (χ1v) is 7.89. The van der Waals surface area contributed by atoms with Crippen molar-refractivity contribution in [1.82, 2.24) is 5.32 Å². The van der Waals surface area contributed by atoms with Gasteiger partial charge in [-0.15, -0.1) is 6.58 Å². The molecule has 2 aromatic carbocycles. The highest BCUT2D eigenvalue weighted by Crippen LogP contribution is 2.21. The molecule has 0 aromatic heterocycles. The smallest absolute Gasteiger partial charge is 0.223 e. The van der Waals surface area contributed by atoms with E-state index in [-0.39, 0.29) is 18.4 Å². The third-order valence-electron chi connectivity index (χ3n) is 3.76. The number of benzene rings is 2. The molecule has 2 N–H and O–H groups in total. The van der Waals surface area contributed by atoms with Crippen molar-refractivity contribution in [3.05, 3.63) is 84.4 Å². The second-order valence-corrected chi connectivity index (χ2v) is 5.53. The Morgan fingerprint density at radius 3 is 2.17 bits per heavy atom. The van der Waals surface area contributed by atoms with Crippen molar-refractivity contribution in [1.29, 1.82) is 0 Å². The fourth-order valence-electron chi connectivity index (χ4n) is 2.51. The van der Waals surface area contributed by atoms with Gasteiger partial charge in [-0.25, -0.2) is 0 Å². The zero-order chi connectivity index (χ0) is 16.5. The first-order chi connectivity index (χ1) is 11.2. The Kier molecular flexibility index (Phi) is 6.57. The van der Waals surface area contributed by atoms with E-state index in [0.29, 0.717) is 0 Å². The minimum atomic E-state index is -0.785. The molecule has 0 spiro atoms. The maximum Gasteiger partial charge on any atom is 0.223 e. The molecule has 2 unspecified atom stereocenters. The molecule has 2 rings (SSSR count). The van der Waals surface area contributed by atoms with Crippen molar-refractivity contribution in [2.45, 2.75) is 31.4 Å². The average Bonchev–Trinajstić information content (AvgIpc) is 2.60. The summed E-state index contributed by atoms with van der Waals surface area (Å²) in [6.45, 7) is 3.74. The van der Waals surface area contributed by atoms with Crippen LogP contribution in [0.3, 0.4) is 0 Å². The third kappa shape index (κ3) is 5.38. The number of carbonyl (C=O) groups is 1. The molecule has 0 aliphatic rings. The summed E-state index contributed by atoms with van der Waals surface area (Å²) in [5.41, 5.74) is 1.82. The summed E-state index contributed by atoms with van der Waals surface area (Å²) >= 11 is 0. The lowest BCUT2D eigenvalue weighted by atomic mass is 10.0. The molecule has 3 nitrogen and oxygen atoms in total. The van der Waals surface area contributed by atoms with Crippen molar-refractivity contribution >= 4 is 5.91 Å². The molecule has 0 heterocycles. The van der Waals surface area contributed by atoms with E-state index in [0.717, 1.165) is 24.0 Å². The van der Waals surface area contributed by atoms with Gasteiger partial charge in [-0.1, -0.05) is 66.7 Å². The molecule has 0 bridgehead atoms. The molecular formula is C20H23NO2. The third-order valence-corrected chi connectivity index (χ3v) is 3.76. The van der Waals surface area contributed by atoms with E-state index >= 15 is 0 Å². The number of nitrogens with one attached hydrogen (secondary N) is 1. The number of aliphatic hydroxyl groups excluding tert-OH is 1. The van der Waals surface area contributed by atoms with Crippen molar-refractivity contribution < 1.29 is 9.90 Å². The number of hydrogen-bond donors (Lipinski definition) is 2. The minimum Gasteiger partial charge on any atom is -0.388 e. The number of aliphatic hydroxyl groups is 1. The second kappa shape index (κ2) is 8.91. The molecule has 120 valence electrons. The zero-order valence-corrected chi connectivity index (χ0v) is 13.2. The number of rotatable bonds is 8. The maximum absolute atomic E-state index is 12.3. The van der Waals surface area contributed by atoms with Crippen LogP contribution in [0.4, 0.5) is 0 Å². The zero-order valence-electron chi connectivity index (χ0n) is 13.2. The lowest BCUT2D eigenvalue weighted by Gasteiger charge is -2.20. The summed E-state index contributed by atoms with van der Waals surface area (Å²) < 4.78 is 0. The van der Waals surface area contributed by atoms with Crippen LogP contribution >= 0.6 is 0 Å². The summed E-state index contributed by atoms with van der Waals surface area (Å²) in [4.78, 5) is 12.3. The van der Waals surface area contributed by atoms with E-state index in [4.69, 9.17) is 0 Å². The molecular weight excluding hydrogens is 286 g/mol. The van der Waals surface area contributed by atoms with Crippen molar-refractivity contribution in [2.24, 2.45) is 0 Å². The predicted octanol–water partition coefficient (Wildman–Crippen LogP) is 3.93. The predicted molar refractivity (Wildman–Crippen MR) is 92.8 cm³/mol. The van der Waals surface area contributed by atoms with Gasteiger partial charge in [0.1, 0.15) is 0 Å². The van der Waals surface area contributed by atoms with E-state index in [1.165, 1.54) is 0 Å². The highest BCUT2D eigenvalue weighted by Gasteiger charge is 2.17. The molecule has 2 aromatic rings. The fourth-order valence-corrected chi connectivity index (χ4v) is 2.51. The SMILES string of the molecule is C=CCCC(NC(=O)CC(O)c1ccccc1)c1ccccc1. The Hall–Kier alpha value is -2.39. The Morgan fingerprint density at radius 1 is 1.04 bits per heavy atom. The van der Waals surface area contributed by atoms with Crippen LogP contribution in [0.1, 0.15) is 42.5 Å². The Bertz CT molecular complexity index is 610. The van der Waals surface area contributed by atoms with Gasteiger partial charge in [0.05, 0.1) is 18.6 Å². The minimum absolute atomic E-state index is 0.0570. The number of carbonyl (C=O) groups excluding carboxylic acids is 1. The molecule has 23 heavy (non-hydrogen) atoms. The lowest BCUT2D eigenvalue weighted by molar-refractivity contribution is -0.123. The van der Waals surface area contributed by atoms with Crippen LogP contribution in [-0.2, 0) is 4.79 Å². The number of hydrogen-bond acceptors (Lipinski definition) is 2. The van der Waals surface area contributed by atoms with Crippen LogP contribution in [0.5, 0.6) is 0 Å². The van der Waals surface area contributed by atoms with Gasteiger partial charge in [0.15, 0.2) is 0 Å². The van der Waals surface area contributed by atoms with Gasteiger partial charge >= 0.3 is 0 Å². The summed E-state index contributed by atoms with van der Waals surface area (Å²) in [6, 6.07) is 19.1. The van der Waals surface area contributed by atoms with E-state index in [9.17, 15) is 9.90 Å². The van der Waals surface area contributed by atoms with Gasteiger partial charge in [0.25, 0.3) is 0 Å². The van der Waals surface area contributed by atoms with Gasteiger partial charge in [0, 0.05) is 0 Å². The number of amides is 1. The largest absolute Gasteiger partial charge is 0.388 e. The van der Waals surface area contributed by atoms with Gasteiger partial charge in [-0.05, 0) is 24.0 Å². The van der Waals surface area contributed by atoms with Crippen molar-refractivity contribution in [3.63, 3.8) is 0 Å². The standard InChI is InChI=1S/C20H23NO2/c1-2-3-14-18(16-10-6-4-7-11-16)21-20(23)15-19(22)17-12-8-5-9-13-17/h2,4-13,18-19,22H,1,3,14-15H2,(H,21,23). The van der Waals surface area contributed by atoms with E-state index in [1.54, 1.807) is 0 Å². The summed E-state index contributed by atoms with van der Waals surface area (Å²) in [7, 11) is 0. The monoisotopic (exact) mass is 309 g/mol. The van der Waals surface area contributed by atoms with Gasteiger partial charge in [0.2, 0.25) is 5.91 Å². The maximum atomic E-state index is 12.3. The molecule has 0 radical (unpaired) electrons. The molecule has 0 fully saturated rings. The van der Waals surface area contributed by atoms with Gasteiger partial charge < -0.3 is 10.4 Å². The molecule has 3 heteroatoms. The first-order valence-electron chi connectivity index (χ1n) is 7.89. The lowest BCUT2D eigenvalue weighted by Crippen LogP contribution is -2.29. The fraction of sp³-hybridized carbons (Fsp3) is 0.250.